The number of nitrogens with one attached hydrogen (secondary N) is 1. The molecule has 126 valence electrons. The van der Waals surface area contributed by atoms with Crippen molar-refractivity contribution in [3.8, 4) is 0 Å². The molecule has 2 heterocycles. The topological polar surface area (TPSA) is 61.9 Å². The maximum Gasteiger partial charge on any atom is 0.274 e. The first-order valence-corrected chi connectivity index (χ1v) is 8.18. The van der Waals surface area contributed by atoms with E-state index in [2.05, 4.69) is 5.32 Å². The van der Waals surface area contributed by atoms with Crippen LogP contribution in [0.5, 0.6) is 0 Å². The Labute approximate surface area is 146 Å². The Balaban J connectivity index is 1.89. The van der Waals surface area contributed by atoms with Gasteiger partial charge in [-0.05, 0) is 48.8 Å². The normalized spacial score (nSPS) is 22.2. The van der Waals surface area contributed by atoms with Crippen molar-refractivity contribution < 1.29 is 14.3 Å². The zero-order valence-corrected chi connectivity index (χ0v) is 14.4. The minimum absolute atomic E-state index is 0.108. The van der Waals surface area contributed by atoms with Gasteiger partial charge in [0.2, 0.25) is 0 Å². The Morgan fingerprint density at radius 1 is 1.38 bits per heavy atom. The number of carbonyl (C=O) groups is 2. The lowest BCUT2D eigenvalue weighted by Crippen LogP contribution is -2.40. The summed E-state index contributed by atoms with van der Waals surface area (Å²) >= 11 is 5.15. The fraction of sp³-hybridized carbons (Fsp3) is 0.353. The van der Waals surface area contributed by atoms with Crippen LogP contribution in [0.3, 0.4) is 0 Å². The van der Waals surface area contributed by atoms with E-state index < -0.39 is 6.10 Å². The minimum Gasteiger partial charge on any atom is -0.378 e. The molecule has 0 spiro atoms. The lowest BCUT2D eigenvalue weighted by Gasteiger charge is -2.19. The molecule has 0 saturated carbocycles. The van der Waals surface area contributed by atoms with E-state index >= 15 is 0 Å². The first kappa shape index (κ1) is 16.6. The molecule has 1 N–H and O–H groups in total. The third kappa shape index (κ3) is 3.18. The highest BCUT2D eigenvalue weighted by molar-refractivity contribution is 7.80. The van der Waals surface area contributed by atoms with Crippen LogP contribution in [0.1, 0.15) is 18.4 Å². The van der Waals surface area contributed by atoms with E-state index in [-0.39, 0.29) is 22.6 Å². The Bertz CT molecular complexity index is 706. The lowest BCUT2D eigenvalue weighted by molar-refractivity contribution is -0.135. The third-order valence-electron chi connectivity index (χ3n) is 4.04. The minimum atomic E-state index is -0.532. The second-order valence-electron chi connectivity index (χ2n) is 5.95. The maximum absolute atomic E-state index is 12.6. The highest BCUT2D eigenvalue weighted by Gasteiger charge is 2.39. The molecule has 2 fully saturated rings. The van der Waals surface area contributed by atoms with E-state index in [9.17, 15) is 9.59 Å². The standard InChI is InChI=1S/C17H19N3O3S/c1-19(2)12-7-5-11(6-8-12)10-13-15(21)18-17(24)20(13)16(22)14-4-3-9-23-14/h5-8,10,14H,3-4,9H2,1-2H3,(H,18,21,24)/b13-10+. The molecular weight excluding hydrogens is 326 g/mol. The number of amides is 2. The molecule has 2 saturated heterocycles. The number of benzene rings is 1. The van der Waals surface area contributed by atoms with E-state index in [1.165, 1.54) is 4.90 Å². The van der Waals surface area contributed by atoms with Crippen LogP contribution < -0.4 is 10.2 Å². The maximum atomic E-state index is 12.6. The van der Waals surface area contributed by atoms with Crippen molar-refractivity contribution in [1.82, 2.24) is 10.2 Å². The smallest absolute Gasteiger partial charge is 0.274 e. The summed E-state index contributed by atoms with van der Waals surface area (Å²) in [5.41, 5.74) is 2.11. The summed E-state index contributed by atoms with van der Waals surface area (Å²) in [6.45, 7) is 0.559. The number of rotatable bonds is 3. The van der Waals surface area contributed by atoms with Gasteiger partial charge < -0.3 is 9.64 Å². The second kappa shape index (κ2) is 6.70. The van der Waals surface area contributed by atoms with Gasteiger partial charge in [-0.15, -0.1) is 0 Å². The van der Waals surface area contributed by atoms with Gasteiger partial charge in [-0.1, -0.05) is 12.1 Å². The van der Waals surface area contributed by atoms with Crippen LogP contribution in [0.2, 0.25) is 0 Å². The number of anilines is 1. The molecule has 0 aliphatic carbocycles. The van der Waals surface area contributed by atoms with Gasteiger partial charge in [0.25, 0.3) is 11.8 Å². The van der Waals surface area contributed by atoms with Crippen molar-refractivity contribution in [2.75, 3.05) is 25.6 Å². The van der Waals surface area contributed by atoms with E-state index in [1.54, 1.807) is 6.08 Å². The molecule has 3 rings (SSSR count). The Kier molecular flexibility index (Phi) is 4.64. The Morgan fingerprint density at radius 3 is 2.67 bits per heavy atom. The summed E-state index contributed by atoms with van der Waals surface area (Å²) in [6, 6.07) is 7.69. The van der Waals surface area contributed by atoms with Gasteiger partial charge in [0.1, 0.15) is 11.8 Å². The first-order valence-electron chi connectivity index (χ1n) is 7.77. The summed E-state index contributed by atoms with van der Waals surface area (Å²) in [4.78, 5) is 28.1. The average Bonchev–Trinajstić information content (AvgIpc) is 3.16. The number of hydrogen-bond donors (Lipinski definition) is 1. The second-order valence-corrected chi connectivity index (χ2v) is 6.34. The first-order chi connectivity index (χ1) is 11.5. The third-order valence-corrected chi connectivity index (χ3v) is 4.32. The van der Waals surface area contributed by atoms with Crippen LogP contribution in [0.4, 0.5) is 5.69 Å². The summed E-state index contributed by atoms with van der Waals surface area (Å²) < 4.78 is 5.43. The molecule has 24 heavy (non-hydrogen) atoms. The summed E-state index contributed by atoms with van der Waals surface area (Å²) in [5, 5.41) is 2.64. The van der Waals surface area contributed by atoms with Crippen molar-refractivity contribution >= 4 is 40.9 Å². The molecule has 0 bridgehead atoms. The van der Waals surface area contributed by atoms with Gasteiger partial charge in [-0.25, -0.2) is 4.90 Å². The van der Waals surface area contributed by atoms with Crippen LogP contribution in [-0.2, 0) is 14.3 Å². The molecule has 1 unspecified atom stereocenters. The molecule has 0 radical (unpaired) electrons. The molecular formula is C17H19N3O3S. The summed E-state index contributed by atoms with van der Waals surface area (Å²) in [5.74, 6) is -0.657. The van der Waals surface area contributed by atoms with Gasteiger partial charge in [-0.2, -0.15) is 0 Å². The summed E-state index contributed by atoms with van der Waals surface area (Å²) in [7, 11) is 3.91. The Hall–Kier alpha value is -2.25. The van der Waals surface area contributed by atoms with E-state index in [1.807, 2.05) is 43.3 Å². The van der Waals surface area contributed by atoms with Crippen molar-refractivity contribution in [3.05, 3.63) is 35.5 Å². The predicted molar refractivity (Wildman–Crippen MR) is 95.3 cm³/mol. The molecule has 6 nitrogen and oxygen atoms in total. The molecule has 2 aliphatic heterocycles. The quantitative estimate of drug-likeness (QED) is 0.665. The number of thiocarbonyl (C=S) groups is 1. The van der Waals surface area contributed by atoms with Gasteiger partial charge in [-0.3, -0.25) is 14.9 Å². The molecule has 1 aromatic rings. The van der Waals surface area contributed by atoms with E-state index in [4.69, 9.17) is 17.0 Å². The number of ether oxygens (including phenoxy) is 1. The van der Waals surface area contributed by atoms with E-state index in [0.717, 1.165) is 17.7 Å². The zero-order chi connectivity index (χ0) is 17.3. The van der Waals surface area contributed by atoms with Crippen LogP contribution in [-0.4, -0.2) is 48.6 Å². The average molecular weight is 345 g/mol. The van der Waals surface area contributed by atoms with Gasteiger partial charge in [0.15, 0.2) is 5.11 Å². The zero-order valence-electron chi connectivity index (χ0n) is 13.6. The highest BCUT2D eigenvalue weighted by Crippen LogP contribution is 2.23. The Morgan fingerprint density at radius 2 is 2.08 bits per heavy atom. The van der Waals surface area contributed by atoms with Crippen LogP contribution in [0.25, 0.3) is 6.08 Å². The SMILES string of the molecule is CN(C)c1ccc(/C=C2\C(=O)NC(=S)N2C(=O)C2CCCO2)cc1. The fourth-order valence-corrected chi connectivity index (χ4v) is 3.00. The van der Waals surface area contributed by atoms with Crippen molar-refractivity contribution in [2.45, 2.75) is 18.9 Å². The molecule has 2 aliphatic rings. The van der Waals surface area contributed by atoms with Crippen LogP contribution in [0.15, 0.2) is 30.0 Å². The number of carbonyl (C=O) groups excluding carboxylic acids is 2. The summed E-state index contributed by atoms with van der Waals surface area (Å²) in [6.07, 6.45) is 2.62. The molecule has 7 heteroatoms. The highest BCUT2D eigenvalue weighted by atomic mass is 32.1. The van der Waals surface area contributed by atoms with Crippen molar-refractivity contribution in [2.24, 2.45) is 0 Å². The number of hydrogen-bond acceptors (Lipinski definition) is 5. The van der Waals surface area contributed by atoms with Crippen LogP contribution >= 0.6 is 12.2 Å². The number of nitrogens with zero attached hydrogens (tertiary/aromatic N) is 2. The van der Waals surface area contributed by atoms with Gasteiger partial charge in [0.05, 0.1) is 0 Å². The van der Waals surface area contributed by atoms with Gasteiger partial charge >= 0.3 is 0 Å². The van der Waals surface area contributed by atoms with Crippen LogP contribution in [0, 0.1) is 0 Å². The monoisotopic (exact) mass is 345 g/mol. The molecule has 2 amide bonds. The lowest BCUT2D eigenvalue weighted by atomic mass is 10.1. The molecule has 0 aromatic heterocycles. The van der Waals surface area contributed by atoms with Crippen molar-refractivity contribution in [1.29, 1.82) is 0 Å². The van der Waals surface area contributed by atoms with E-state index in [0.29, 0.717) is 13.0 Å². The van der Waals surface area contributed by atoms with Crippen molar-refractivity contribution in [3.63, 3.8) is 0 Å². The predicted octanol–water partition coefficient (Wildman–Crippen LogP) is 1.52. The fourth-order valence-electron chi connectivity index (χ4n) is 2.72. The van der Waals surface area contributed by atoms with Gasteiger partial charge in [0, 0.05) is 26.4 Å². The molecule has 1 aromatic carbocycles. The largest absolute Gasteiger partial charge is 0.378 e. The molecule has 1 atom stereocenters.